The molecule has 1 aliphatic rings. The van der Waals surface area contributed by atoms with Crippen molar-refractivity contribution in [3.8, 4) is 0 Å². The van der Waals surface area contributed by atoms with E-state index in [4.69, 9.17) is 5.11 Å². The number of carbonyl (C=O) groups is 1. The van der Waals surface area contributed by atoms with Crippen molar-refractivity contribution in [3.63, 3.8) is 0 Å². The zero-order chi connectivity index (χ0) is 7.56. The average molecular weight is 140 g/mol. The standard InChI is InChI=1S/C8H12O2/c1-6-4-2-3-5-7(6)8(9)10/h2-3,6-7H,4-5H2,1H3,(H,9,10). The van der Waals surface area contributed by atoms with Crippen LogP contribution in [0.4, 0.5) is 0 Å². The van der Waals surface area contributed by atoms with E-state index in [0.717, 1.165) is 6.42 Å². The Morgan fingerprint density at radius 2 is 2.10 bits per heavy atom. The van der Waals surface area contributed by atoms with Crippen LogP contribution in [0.25, 0.3) is 0 Å². The first-order valence-electron chi connectivity index (χ1n) is 3.59. The van der Waals surface area contributed by atoms with E-state index in [2.05, 4.69) is 6.08 Å². The van der Waals surface area contributed by atoms with Gasteiger partial charge >= 0.3 is 5.97 Å². The van der Waals surface area contributed by atoms with Crippen molar-refractivity contribution in [2.24, 2.45) is 11.8 Å². The zero-order valence-electron chi connectivity index (χ0n) is 6.08. The van der Waals surface area contributed by atoms with Crippen LogP contribution in [0.5, 0.6) is 0 Å². The van der Waals surface area contributed by atoms with Crippen LogP contribution in [-0.2, 0) is 4.79 Å². The predicted octanol–water partition coefficient (Wildman–Crippen LogP) is 1.67. The second kappa shape index (κ2) is 2.86. The molecule has 0 bridgehead atoms. The monoisotopic (exact) mass is 140 g/mol. The topological polar surface area (TPSA) is 37.3 Å². The molecule has 0 saturated heterocycles. The molecule has 1 N–H and O–H groups in total. The molecule has 0 amide bonds. The molecule has 0 spiro atoms. The van der Waals surface area contributed by atoms with Crippen LogP contribution in [0, 0.1) is 11.8 Å². The van der Waals surface area contributed by atoms with Gasteiger partial charge in [0.15, 0.2) is 0 Å². The molecule has 0 aliphatic heterocycles. The first kappa shape index (κ1) is 7.32. The Bertz CT molecular complexity index is 161. The van der Waals surface area contributed by atoms with E-state index in [1.807, 2.05) is 13.0 Å². The van der Waals surface area contributed by atoms with Crippen molar-refractivity contribution >= 4 is 5.97 Å². The van der Waals surface area contributed by atoms with Crippen LogP contribution in [0.2, 0.25) is 0 Å². The third kappa shape index (κ3) is 1.38. The minimum absolute atomic E-state index is 0.148. The van der Waals surface area contributed by atoms with Gasteiger partial charge in [-0.2, -0.15) is 0 Å². The largest absolute Gasteiger partial charge is 0.481 e. The highest BCUT2D eigenvalue weighted by Gasteiger charge is 2.24. The minimum atomic E-state index is -0.656. The SMILES string of the molecule is CC1CC=CCC1C(=O)O. The summed E-state index contributed by atoms with van der Waals surface area (Å²) in [5.74, 6) is -0.496. The number of carboxylic acids is 1. The van der Waals surface area contributed by atoms with Gasteiger partial charge in [0, 0.05) is 0 Å². The molecule has 2 nitrogen and oxygen atoms in total. The van der Waals surface area contributed by atoms with Crippen molar-refractivity contribution in [2.75, 3.05) is 0 Å². The molecule has 0 aromatic carbocycles. The molecular formula is C8H12O2. The van der Waals surface area contributed by atoms with Gasteiger partial charge in [-0.15, -0.1) is 0 Å². The summed E-state index contributed by atoms with van der Waals surface area (Å²) in [6.07, 6.45) is 5.64. The van der Waals surface area contributed by atoms with E-state index in [9.17, 15) is 4.79 Å². The maximum absolute atomic E-state index is 10.5. The van der Waals surface area contributed by atoms with Crippen LogP contribution in [-0.4, -0.2) is 11.1 Å². The molecule has 1 rings (SSSR count). The summed E-state index contributed by atoms with van der Waals surface area (Å²) in [4.78, 5) is 10.5. The molecule has 56 valence electrons. The quantitative estimate of drug-likeness (QED) is 0.562. The number of hydrogen-bond acceptors (Lipinski definition) is 1. The molecule has 2 unspecified atom stereocenters. The molecule has 0 saturated carbocycles. The fourth-order valence-corrected chi connectivity index (χ4v) is 1.29. The number of rotatable bonds is 1. The fraction of sp³-hybridized carbons (Fsp3) is 0.625. The lowest BCUT2D eigenvalue weighted by Gasteiger charge is -2.20. The average Bonchev–Trinajstić information content (AvgIpc) is 1.88. The van der Waals surface area contributed by atoms with E-state index < -0.39 is 5.97 Å². The van der Waals surface area contributed by atoms with Crippen molar-refractivity contribution in [1.82, 2.24) is 0 Å². The first-order valence-corrected chi connectivity index (χ1v) is 3.59. The Morgan fingerprint density at radius 1 is 1.50 bits per heavy atom. The van der Waals surface area contributed by atoms with Crippen LogP contribution >= 0.6 is 0 Å². The molecule has 0 heterocycles. The van der Waals surface area contributed by atoms with E-state index in [-0.39, 0.29) is 5.92 Å². The highest BCUT2D eigenvalue weighted by atomic mass is 16.4. The normalized spacial score (nSPS) is 32.1. The smallest absolute Gasteiger partial charge is 0.307 e. The highest BCUT2D eigenvalue weighted by molar-refractivity contribution is 5.70. The molecule has 2 atom stereocenters. The van der Waals surface area contributed by atoms with Crippen molar-refractivity contribution in [3.05, 3.63) is 12.2 Å². The Morgan fingerprint density at radius 3 is 2.50 bits per heavy atom. The van der Waals surface area contributed by atoms with Crippen LogP contribution in [0.15, 0.2) is 12.2 Å². The number of allylic oxidation sites excluding steroid dienone is 2. The van der Waals surface area contributed by atoms with Crippen molar-refractivity contribution in [2.45, 2.75) is 19.8 Å². The van der Waals surface area contributed by atoms with Gasteiger partial charge in [-0.25, -0.2) is 0 Å². The second-order valence-corrected chi connectivity index (χ2v) is 2.86. The summed E-state index contributed by atoms with van der Waals surface area (Å²) < 4.78 is 0. The van der Waals surface area contributed by atoms with Gasteiger partial charge in [0.1, 0.15) is 0 Å². The molecule has 0 fully saturated rings. The third-order valence-electron chi connectivity index (χ3n) is 2.07. The van der Waals surface area contributed by atoms with Crippen LogP contribution < -0.4 is 0 Å². The van der Waals surface area contributed by atoms with Gasteiger partial charge < -0.3 is 5.11 Å². The lowest BCUT2D eigenvalue weighted by molar-refractivity contribution is -0.143. The number of carboxylic acid groups (broad SMARTS) is 1. The fourth-order valence-electron chi connectivity index (χ4n) is 1.29. The molecule has 0 aromatic heterocycles. The van der Waals surface area contributed by atoms with Crippen LogP contribution in [0.1, 0.15) is 19.8 Å². The summed E-state index contributed by atoms with van der Waals surface area (Å²) >= 11 is 0. The summed E-state index contributed by atoms with van der Waals surface area (Å²) in [6, 6.07) is 0. The van der Waals surface area contributed by atoms with Crippen LogP contribution in [0.3, 0.4) is 0 Å². The predicted molar refractivity (Wildman–Crippen MR) is 38.7 cm³/mol. The van der Waals surface area contributed by atoms with Gasteiger partial charge in [-0.1, -0.05) is 19.1 Å². The summed E-state index contributed by atoms with van der Waals surface area (Å²) in [7, 11) is 0. The first-order chi connectivity index (χ1) is 4.72. The molecule has 2 heteroatoms. The molecule has 0 radical (unpaired) electrons. The lowest BCUT2D eigenvalue weighted by atomic mass is 9.85. The van der Waals surface area contributed by atoms with Crippen molar-refractivity contribution < 1.29 is 9.90 Å². The van der Waals surface area contributed by atoms with E-state index >= 15 is 0 Å². The van der Waals surface area contributed by atoms with Gasteiger partial charge in [0.25, 0.3) is 0 Å². The Balaban J connectivity index is 2.59. The van der Waals surface area contributed by atoms with Gasteiger partial charge in [0.05, 0.1) is 5.92 Å². The molecule has 1 aliphatic carbocycles. The lowest BCUT2D eigenvalue weighted by Crippen LogP contribution is -2.22. The summed E-state index contributed by atoms with van der Waals surface area (Å²) in [5, 5.41) is 8.67. The maximum atomic E-state index is 10.5. The highest BCUT2D eigenvalue weighted by Crippen LogP contribution is 2.24. The summed E-state index contributed by atoms with van der Waals surface area (Å²) in [5.41, 5.74) is 0. The van der Waals surface area contributed by atoms with E-state index in [1.165, 1.54) is 0 Å². The van der Waals surface area contributed by atoms with Gasteiger partial charge in [-0.3, -0.25) is 4.79 Å². The van der Waals surface area contributed by atoms with Gasteiger partial charge in [-0.05, 0) is 18.8 Å². The van der Waals surface area contributed by atoms with Crippen molar-refractivity contribution in [1.29, 1.82) is 0 Å². The minimum Gasteiger partial charge on any atom is -0.481 e. The molecule has 10 heavy (non-hydrogen) atoms. The Hall–Kier alpha value is -0.790. The summed E-state index contributed by atoms with van der Waals surface area (Å²) in [6.45, 7) is 1.99. The number of aliphatic carboxylic acids is 1. The van der Waals surface area contributed by atoms with E-state index in [0.29, 0.717) is 12.3 Å². The Labute approximate surface area is 60.6 Å². The molecular weight excluding hydrogens is 128 g/mol. The maximum Gasteiger partial charge on any atom is 0.307 e. The Kier molecular flexibility index (Phi) is 2.10. The zero-order valence-corrected chi connectivity index (χ0v) is 6.08. The van der Waals surface area contributed by atoms with Gasteiger partial charge in [0.2, 0.25) is 0 Å². The third-order valence-corrected chi connectivity index (χ3v) is 2.07. The number of hydrogen-bond donors (Lipinski definition) is 1. The second-order valence-electron chi connectivity index (χ2n) is 2.86. The molecule has 0 aromatic rings. The van der Waals surface area contributed by atoms with E-state index in [1.54, 1.807) is 0 Å².